The van der Waals surface area contributed by atoms with E-state index in [1.807, 2.05) is 37.1 Å². The second-order valence-electron chi connectivity index (χ2n) is 8.53. The summed E-state index contributed by atoms with van der Waals surface area (Å²) in [6.45, 7) is 3.53. The molecule has 10 nitrogen and oxygen atoms in total. The highest BCUT2D eigenvalue weighted by Gasteiger charge is 2.27. The summed E-state index contributed by atoms with van der Waals surface area (Å²) in [7, 11) is 1.86. The highest BCUT2D eigenvalue weighted by atomic mass is 16.5. The molecular weight excluding hydrogens is 434 g/mol. The Morgan fingerprint density at radius 2 is 1.85 bits per heavy atom. The van der Waals surface area contributed by atoms with E-state index in [2.05, 4.69) is 25.5 Å². The van der Waals surface area contributed by atoms with Crippen molar-refractivity contribution in [2.24, 2.45) is 7.05 Å². The lowest BCUT2D eigenvalue weighted by molar-refractivity contribution is -0.121. The third kappa shape index (κ3) is 4.44. The van der Waals surface area contributed by atoms with Gasteiger partial charge < -0.3 is 4.52 Å². The number of piperidine rings is 1. The first kappa shape index (κ1) is 21.9. The Labute approximate surface area is 196 Å². The molecule has 2 amide bonds. The Kier molecular flexibility index (Phi) is 5.89. The van der Waals surface area contributed by atoms with E-state index in [9.17, 15) is 9.59 Å². The van der Waals surface area contributed by atoms with Crippen LogP contribution in [0.15, 0.2) is 47.0 Å². The van der Waals surface area contributed by atoms with E-state index in [4.69, 9.17) is 4.52 Å². The van der Waals surface area contributed by atoms with Crippen molar-refractivity contribution in [2.75, 3.05) is 19.6 Å². The minimum atomic E-state index is -0.382. The van der Waals surface area contributed by atoms with Gasteiger partial charge in [0.2, 0.25) is 17.6 Å². The van der Waals surface area contributed by atoms with Crippen molar-refractivity contribution in [1.82, 2.24) is 35.1 Å². The number of carbonyl (C=O) groups is 2. The number of nitrogens with one attached hydrogen (secondary N) is 1. The molecule has 0 aliphatic carbocycles. The van der Waals surface area contributed by atoms with Crippen molar-refractivity contribution in [1.29, 1.82) is 0 Å². The molecule has 4 aromatic rings. The smallest absolute Gasteiger partial charge is 0.257 e. The normalized spacial score (nSPS) is 15.0. The highest BCUT2D eigenvalue weighted by molar-refractivity contribution is 6.05. The molecule has 10 heteroatoms. The van der Waals surface area contributed by atoms with Gasteiger partial charge in [-0.05, 0) is 57.1 Å². The first-order valence-electron chi connectivity index (χ1n) is 11.2. The van der Waals surface area contributed by atoms with Gasteiger partial charge in [0.1, 0.15) is 5.69 Å². The number of hydrogen-bond donors (Lipinski definition) is 1. The Hall–Kier alpha value is -3.92. The van der Waals surface area contributed by atoms with Gasteiger partial charge in [-0.25, -0.2) is 4.98 Å². The lowest BCUT2D eigenvalue weighted by Gasteiger charge is -2.29. The van der Waals surface area contributed by atoms with Gasteiger partial charge in [0.05, 0.1) is 12.2 Å². The number of pyridine rings is 1. The van der Waals surface area contributed by atoms with E-state index >= 15 is 0 Å². The maximum atomic E-state index is 12.3. The largest absolute Gasteiger partial charge is 0.339 e. The number of likely N-dealkylation sites (tertiary alicyclic amines) is 1. The molecule has 1 N–H and O–H groups in total. The summed E-state index contributed by atoms with van der Waals surface area (Å²) in [4.78, 5) is 35.7. The Morgan fingerprint density at radius 3 is 2.62 bits per heavy atom. The van der Waals surface area contributed by atoms with Gasteiger partial charge in [0, 0.05) is 23.9 Å². The second-order valence-corrected chi connectivity index (χ2v) is 8.53. The summed E-state index contributed by atoms with van der Waals surface area (Å²) >= 11 is 0. The second kappa shape index (κ2) is 9.14. The molecular formula is C24H25N7O3. The number of amides is 2. The molecule has 0 atom stereocenters. The SMILES string of the molecule is Cc1nn(C)c2nc(-c3noc(C4CCN(CC(=O)NC(=O)c5ccccc5)CC4)n3)ccc12. The molecule has 1 aliphatic heterocycles. The molecule has 0 bridgehead atoms. The van der Waals surface area contributed by atoms with E-state index in [0.29, 0.717) is 36.1 Å². The van der Waals surface area contributed by atoms with Crippen LogP contribution >= 0.6 is 0 Å². The van der Waals surface area contributed by atoms with Gasteiger partial charge in [0.15, 0.2) is 5.65 Å². The van der Waals surface area contributed by atoms with E-state index in [-0.39, 0.29) is 24.3 Å². The van der Waals surface area contributed by atoms with Crippen LogP contribution in [0.4, 0.5) is 0 Å². The predicted molar refractivity (Wildman–Crippen MR) is 124 cm³/mol. The molecule has 34 heavy (non-hydrogen) atoms. The Morgan fingerprint density at radius 1 is 1.09 bits per heavy atom. The van der Waals surface area contributed by atoms with Crippen LogP contribution in [0.2, 0.25) is 0 Å². The van der Waals surface area contributed by atoms with E-state index < -0.39 is 0 Å². The van der Waals surface area contributed by atoms with Crippen molar-refractivity contribution < 1.29 is 14.1 Å². The van der Waals surface area contributed by atoms with Crippen molar-refractivity contribution in [3.63, 3.8) is 0 Å². The van der Waals surface area contributed by atoms with Crippen molar-refractivity contribution >= 4 is 22.8 Å². The van der Waals surface area contributed by atoms with Crippen LogP contribution in [0.3, 0.4) is 0 Å². The van der Waals surface area contributed by atoms with Crippen LogP contribution in [0, 0.1) is 6.92 Å². The number of carbonyl (C=O) groups excluding carboxylic acids is 2. The molecule has 4 heterocycles. The summed E-state index contributed by atoms with van der Waals surface area (Å²) in [6, 6.07) is 12.6. The van der Waals surface area contributed by atoms with Crippen LogP contribution in [0.5, 0.6) is 0 Å². The zero-order valence-corrected chi connectivity index (χ0v) is 19.1. The number of imide groups is 1. The average molecular weight is 460 g/mol. The molecule has 0 unspecified atom stereocenters. The molecule has 0 radical (unpaired) electrons. The quantitative estimate of drug-likeness (QED) is 0.483. The van der Waals surface area contributed by atoms with Gasteiger partial charge in [-0.3, -0.25) is 24.5 Å². The number of fused-ring (bicyclic) bond motifs is 1. The van der Waals surface area contributed by atoms with E-state index in [1.54, 1.807) is 28.9 Å². The minimum Gasteiger partial charge on any atom is -0.339 e. The number of hydrogen-bond acceptors (Lipinski definition) is 8. The van der Waals surface area contributed by atoms with Crippen molar-refractivity contribution in [3.05, 3.63) is 59.6 Å². The molecule has 5 rings (SSSR count). The van der Waals surface area contributed by atoms with Gasteiger partial charge in [0.25, 0.3) is 5.91 Å². The lowest BCUT2D eigenvalue weighted by atomic mass is 9.97. The lowest BCUT2D eigenvalue weighted by Crippen LogP contribution is -2.43. The topological polar surface area (TPSA) is 119 Å². The summed E-state index contributed by atoms with van der Waals surface area (Å²) in [5.41, 5.74) is 2.81. The first-order chi connectivity index (χ1) is 16.5. The zero-order chi connectivity index (χ0) is 23.7. The van der Waals surface area contributed by atoms with Crippen LogP contribution in [0.25, 0.3) is 22.6 Å². The monoisotopic (exact) mass is 459 g/mol. The average Bonchev–Trinajstić information content (AvgIpc) is 3.45. The third-order valence-electron chi connectivity index (χ3n) is 6.14. The molecule has 1 saturated heterocycles. The molecule has 0 saturated carbocycles. The highest BCUT2D eigenvalue weighted by Crippen LogP contribution is 2.28. The maximum Gasteiger partial charge on any atom is 0.257 e. The van der Waals surface area contributed by atoms with Gasteiger partial charge >= 0.3 is 0 Å². The van der Waals surface area contributed by atoms with Crippen LogP contribution in [-0.4, -0.2) is 61.3 Å². The summed E-state index contributed by atoms with van der Waals surface area (Å²) in [5, 5.41) is 12.0. The van der Waals surface area contributed by atoms with Gasteiger partial charge in [-0.15, -0.1) is 0 Å². The van der Waals surface area contributed by atoms with E-state index in [0.717, 1.165) is 29.6 Å². The number of nitrogens with zero attached hydrogens (tertiary/aromatic N) is 6. The fourth-order valence-electron chi connectivity index (χ4n) is 4.30. The molecule has 174 valence electrons. The van der Waals surface area contributed by atoms with Crippen molar-refractivity contribution in [2.45, 2.75) is 25.7 Å². The molecule has 0 spiro atoms. The van der Waals surface area contributed by atoms with Gasteiger partial charge in [-0.1, -0.05) is 23.4 Å². The Balaban J connectivity index is 1.17. The molecule has 1 aliphatic rings. The zero-order valence-electron chi connectivity index (χ0n) is 19.1. The Bertz CT molecular complexity index is 1340. The molecule has 3 aromatic heterocycles. The van der Waals surface area contributed by atoms with Crippen LogP contribution in [-0.2, 0) is 11.8 Å². The predicted octanol–water partition coefficient (Wildman–Crippen LogP) is 2.46. The summed E-state index contributed by atoms with van der Waals surface area (Å²) in [6.07, 6.45) is 1.57. The fourth-order valence-corrected chi connectivity index (χ4v) is 4.30. The maximum absolute atomic E-state index is 12.3. The van der Waals surface area contributed by atoms with E-state index in [1.165, 1.54) is 0 Å². The number of benzene rings is 1. The van der Waals surface area contributed by atoms with Crippen molar-refractivity contribution in [3.8, 4) is 11.5 Å². The molecule has 1 aromatic carbocycles. The third-order valence-corrected chi connectivity index (χ3v) is 6.14. The molecule has 1 fully saturated rings. The summed E-state index contributed by atoms with van der Waals surface area (Å²) in [5.74, 6) is 0.471. The van der Waals surface area contributed by atoms with Gasteiger partial charge in [-0.2, -0.15) is 10.1 Å². The standard InChI is InChI=1S/C24H25N7O3/c1-15-18-8-9-19(25-22(18)30(2)28-15)21-27-24(34-29-21)17-10-12-31(13-11-17)14-20(32)26-23(33)16-6-4-3-5-7-16/h3-9,17H,10-14H2,1-2H3,(H,26,32,33). The van der Waals surface area contributed by atoms with Crippen LogP contribution < -0.4 is 5.32 Å². The minimum absolute atomic E-state index is 0.120. The number of rotatable bonds is 5. The fraction of sp³-hybridized carbons (Fsp3) is 0.333. The summed E-state index contributed by atoms with van der Waals surface area (Å²) < 4.78 is 7.30. The first-order valence-corrected chi connectivity index (χ1v) is 11.2. The number of aromatic nitrogens is 5. The van der Waals surface area contributed by atoms with Crippen LogP contribution in [0.1, 0.15) is 40.7 Å². The number of aryl methyl sites for hydroxylation is 2.